The average molecular weight is 536 g/mol. The van der Waals surface area contributed by atoms with Crippen LogP contribution in [0, 0.1) is 0 Å². The number of ether oxygens (including phenoxy) is 2. The normalized spacial score (nSPS) is 37.4. The monoisotopic (exact) mass is 536 g/mol. The second kappa shape index (κ2) is 9.96. The predicted octanol–water partition coefficient (Wildman–Crippen LogP) is -4.15. The molecule has 0 radical (unpaired) electrons. The van der Waals surface area contributed by atoms with Crippen LogP contribution in [0.4, 0.5) is 0 Å². The van der Waals surface area contributed by atoms with Gasteiger partial charge in [0.2, 0.25) is 0 Å². The van der Waals surface area contributed by atoms with Crippen molar-refractivity contribution in [1.29, 1.82) is 0 Å². The van der Waals surface area contributed by atoms with Crippen LogP contribution in [0.1, 0.15) is 6.23 Å². The highest BCUT2D eigenvalue weighted by Crippen LogP contribution is 2.61. The second-order valence-electron chi connectivity index (χ2n) is 7.37. The summed E-state index contributed by atoms with van der Waals surface area (Å²) < 4.78 is 47.7. The van der Waals surface area contributed by atoms with Crippen LogP contribution in [0.25, 0.3) is 0 Å². The quantitative estimate of drug-likeness (QED) is 0.139. The van der Waals surface area contributed by atoms with E-state index in [0.717, 1.165) is 16.8 Å². The number of aliphatic hydroxyl groups excluding tert-OH is 4. The van der Waals surface area contributed by atoms with E-state index in [9.17, 15) is 48.9 Å². The minimum atomic E-state index is -5.48. The van der Waals surface area contributed by atoms with Crippen LogP contribution < -0.4 is 11.2 Å². The summed E-state index contributed by atoms with van der Waals surface area (Å²) in [5.41, 5.74) is -3.94. The third kappa shape index (κ3) is 5.89. The molecule has 9 atom stereocenters. The Labute approximate surface area is 188 Å². The fourth-order valence-corrected chi connectivity index (χ4v) is 5.24. The lowest BCUT2D eigenvalue weighted by atomic mass is 10.0. The Morgan fingerprint density at radius 2 is 1.85 bits per heavy atom. The van der Waals surface area contributed by atoms with E-state index in [-0.39, 0.29) is 0 Å². The first-order valence-electron chi connectivity index (χ1n) is 9.34. The van der Waals surface area contributed by atoms with E-state index in [1.165, 1.54) is 0 Å². The fraction of sp³-hybridized carbons (Fsp3) is 0.714. The molecule has 0 spiro atoms. The molecule has 2 aliphatic rings. The maximum absolute atomic E-state index is 12.1. The maximum Gasteiger partial charge on any atom is 0.483 e. The summed E-state index contributed by atoms with van der Waals surface area (Å²) in [4.78, 5) is 44.3. The van der Waals surface area contributed by atoms with Gasteiger partial charge in [-0.15, -0.1) is 0 Å². The Balaban J connectivity index is 1.60. The third-order valence-electron chi connectivity index (χ3n) is 4.89. The van der Waals surface area contributed by atoms with E-state index in [4.69, 9.17) is 14.6 Å². The van der Waals surface area contributed by atoms with E-state index in [1.807, 2.05) is 4.98 Å². The van der Waals surface area contributed by atoms with Gasteiger partial charge >= 0.3 is 21.3 Å². The van der Waals surface area contributed by atoms with E-state index < -0.39 is 89.2 Å². The van der Waals surface area contributed by atoms with Crippen molar-refractivity contribution in [3.8, 4) is 0 Å². The Hall–Kier alpha value is -1.34. The number of phosphoric acid groups is 2. The van der Waals surface area contributed by atoms with Gasteiger partial charge in [0.15, 0.2) is 12.5 Å². The van der Waals surface area contributed by atoms with Crippen LogP contribution in [0.2, 0.25) is 0 Å². The number of nitrogens with zero attached hydrogens (tertiary/aromatic N) is 1. The lowest BCUT2D eigenvalue weighted by Gasteiger charge is -2.24. The molecule has 2 aliphatic heterocycles. The highest BCUT2D eigenvalue weighted by molar-refractivity contribution is 7.61. The largest absolute Gasteiger partial charge is 0.483 e. The van der Waals surface area contributed by atoms with Gasteiger partial charge in [0.05, 0.1) is 19.8 Å². The molecule has 2 saturated heterocycles. The standard InChI is InChI=1S/C14H22N2O16P2/c17-4-14(23)5-28-12(10(14)21)31-34(26,27)32-33(24,25)29-3-6-8(19)9(20)11(30-6)16-2-1-7(18)15-13(16)22/h1-2,6,8-12,17,19-21,23H,3-5H2,(H,24,25)(H,26,27)(H,15,18,22)/t6-,8-,9-,10+,11-,12-,14-/m1/s1. The Morgan fingerprint density at radius 1 is 1.18 bits per heavy atom. The first-order chi connectivity index (χ1) is 15.7. The fourth-order valence-electron chi connectivity index (χ4n) is 3.08. The molecule has 2 unspecified atom stereocenters. The molecule has 0 amide bonds. The van der Waals surface area contributed by atoms with Crippen molar-refractivity contribution in [3.63, 3.8) is 0 Å². The SMILES string of the molecule is O=c1ccn([C@@H]2O[C@H](COP(=O)(O)OP(=O)(O)O[C@H]3OC[C@](O)(CO)[C@H]3O)[C@@H](O)[C@H]2O)c(=O)[nH]1. The van der Waals surface area contributed by atoms with Crippen molar-refractivity contribution >= 4 is 15.6 Å². The predicted molar refractivity (Wildman–Crippen MR) is 103 cm³/mol. The van der Waals surface area contributed by atoms with Crippen LogP contribution in [0.15, 0.2) is 21.9 Å². The molecule has 194 valence electrons. The number of aromatic amines is 1. The van der Waals surface area contributed by atoms with E-state index >= 15 is 0 Å². The number of hydrogen-bond acceptors (Lipinski definition) is 14. The first kappa shape index (κ1) is 27.3. The molecule has 8 N–H and O–H groups in total. The first-order valence-corrected chi connectivity index (χ1v) is 12.3. The number of aliphatic hydroxyl groups is 5. The number of H-pyrrole nitrogens is 1. The number of nitrogens with one attached hydrogen (secondary N) is 1. The number of aromatic nitrogens is 2. The zero-order valence-corrected chi connectivity index (χ0v) is 18.7. The Morgan fingerprint density at radius 3 is 2.44 bits per heavy atom. The summed E-state index contributed by atoms with van der Waals surface area (Å²) in [5.74, 6) is 0. The summed E-state index contributed by atoms with van der Waals surface area (Å²) in [6.45, 7) is -2.68. The summed E-state index contributed by atoms with van der Waals surface area (Å²) in [5, 5.41) is 48.8. The highest BCUT2D eigenvalue weighted by atomic mass is 31.3. The van der Waals surface area contributed by atoms with Crippen LogP contribution >= 0.6 is 15.6 Å². The molecule has 2 fully saturated rings. The molecule has 3 heterocycles. The van der Waals surface area contributed by atoms with E-state index in [1.54, 1.807) is 0 Å². The van der Waals surface area contributed by atoms with Crippen molar-refractivity contribution in [2.45, 2.75) is 42.5 Å². The molecule has 0 bridgehead atoms. The van der Waals surface area contributed by atoms with E-state index in [0.29, 0.717) is 0 Å². The lowest BCUT2D eigenvalue weighted by molar-refractivity contribution is -0.122. The van der Waals surface area contributed by atoms with Gasteiger partial charge in [0, 0.05) is 12.3 Å². The van der Waals surface area contributed by atoms with E-state index in [2.05, 4.69) is 13.4 Å². The number of hydrogen-bond donors (Lipinski definition) is 8. The number of rotatable bonds is 9. The van der Waals surface area contributed by atoms with Gasteiger partial charge in [-0.05, 0) is 0 Å². The van der Waals surface area contributed by atoms with Crippen molar-refractivity contribution in [2.24, 2.45) is 0 Å². The molecule has 18 nitrogen and oxygen atoms in total. The molecule has 1 aromatic rings. The molecule has 34 heavy (non-hydrogen) atoms. The maximum atomic E-state index is 12.1. The van der Waals surface area contributed by atoms with Gasteiger partial charge in [-0.3, -0.25) is 23.4 Å². The van der Waals surface area contributed by atoms with Gasteiger partial charge < -0.3 is 44.8 Å². The lowest BCUT2D eigenvalue weighted by Crippen LogP contribution is -2.47. The second-order valence-corrected chi connectivity index (χ2v) is 10.4. The van der Waals surface area contributed by atoms with Crippen LogP contribution in [0.3, 0.4) is 0 Å². The minimum absolute atomic E-state index is 0.693. The average Bonchev–Trinajstić information content (AvgIpc) is 3.17. The Kier molecular flexibility index (Phi) is 7.98. The summed E-state index contributed by atoms with van der Waals surface area (Å²) >= 11 is 0. The molecular formula is C14H22N2O16P2. The zero-order valence-electron chi connectivity index (χ0n) is 16.9. The van der Waals surface area contributed by atoms with Crippen molar-refractivity contribution in [2.75, 3.05) is 19.8 Å². The summed E-state index contributed by atoms with van der Waals surface area (Å²) in [7, 11) is -10.9. The van der Waals surface area contributed by atoms with Gasteiger partial charge in [0.25, 0.3) is 5.56 Å². The Bertz CT molecular complexity index is 1090. The smallest absolute Gasteiger partial charge is 0.393 e. The zero-order chi connectivity index (χ0) is 25.5. The molecule has 3 rings (SSSR count). The van der Waals surface area contributed by atoms with Crippen LogP contribution in [0.5, 0.6) is 0 Å². The molecule has 0 aliphatic carbocycles. The highest BCUT2D eigenvalue weighted by Gasteiger charge is 2.52. The van der Waals surface area contributed by atoms with Crippen molar-refractivity contribution in [1.82, 2.24) is 9.55 Å². The molecule has 20 heteroatoms. The minimum Gasteiger partial charge on any atom is -0.393 e. The van der Waals surface area contributed by atoms with Gasteiger partial charge in [-0.25, -0.2) is 13.9 Å². The van der Waals surface area contributed by atoms with Crippen molar-refractivity contribution in [3.05, 3.63) is 33.1 Å². The number of phosphoric ester groups is 2. The topological polar surface area (TPSA) is 277 Å². The van der Waals surface area contributed by atoms with Crippen molar-refractivity contribution < 1.29 is 67.3 Å². The van der Waals surface area contributed by atoms with Gasteiger partial charge in [-0.1, -0.05) is 0 Å². The third-order valence-corrected chi connectivity index (χ3v) is 7.49. The summed E-state index contributed by atoms with van der Waals surface area (Å²) in [6, 6.07) is 0.939. The van der Waals surface area contributed by atoms with Crippen LogP contribution in [-0.2, 0) is 32.0 Å². The summed E-state index contributed by atoms with van der Waals surface area (Å²) in [6.07, 6.45) is -9.63. The van der Waals surface area contributed by atoms with Gasteiger partial charge in [-0.2, -0.15) is 4.31 Å². The van der Waals surface area contributed by atoms with Crippen LogP contribution in [-0.4, -0.2) is 101 Å². The molecule has 0 aromatic carbocycles. The van der Waals surface area contributed by atoms with Gasteiger partial charge in [0.1, 0.15) is 30.0 Å². The molecular weight excluding hydrogens is 514 g/mol. The molecule has 1 aromatic heterocycles. The molecule has 0 saturated carbocycles.